The zero-order valence-electron chi connectivity index (χ0n) is 11.1. The van der Waals surface area contributed by atoms with E-state index < -0.39 is 0 Å². The third kappa shape index (κ3) is 2.55. The van der Waals surface area contributed by atoms with Crippen LogP contribution in [0.5, 0.6) is 0 Å². The largest absolute Gasteiger partial charge is 0.396 e. The van der Waals surface area contributed by atoms with Crippen molar-refractivity contribution < 1.29 is 5.11 Å². The van der Waals surface area contributed by atoms with Gasteiger partial charge in [-0.3, -0.25) is 0 Å². The molecule has 1 rings (SSSR count). The van der Waals surface area contributed by atoms with Crippen molar-refractivity contribution in [3.63, 3.8) is 0 Å². The molecule has 90 valence electrons. The van der Waals surface area contributed by atoms with Gasteiger partial charge in [0.25, 0.3) is 0 Å². The highest BCUT2D eigenvalue weighted by atomic mass is 16.3. The molecule has 1 N–H and O–H groups in total. The normalized spacial score (nSPS) is 32.6. The highest BCUT2D eigenvalue weighted by Crippen LogP contribution is 2.51. The number of hydrogen-bond donors (Lipinski definition) is 1. The van der Waals surface area contributed by atoms with Gasteiger partial charge in [-0.2, -0.15) is 0 Å². The van der Waals surface area contributed by atoms with Crippen molar-refractivity contribution in [3.8, 4) is 0 Å². The lowest BCUT2D eigenvalue weighted by molar-refractivity contribution is 0.0637. The molecular formula is C14H28O. The van der Waals surface area contributed by atoms with Crippen LogP contribution in [0, 0.1) is 29.1 Å². The van der Waals surface area contributed by atoms with Crippen LogP contribution in [0.4, 0.5) is 0 Å². The molecule has 0 bridgehead atoms. The Balaban J connectivity index is 2.79. The van der Waals surface area contributed by atoms with Crippen molar-refractivity contribution in [2.75, 3.05) is 6.61 Å². The Morgan fingerprint density at radius 3 is 2.33 bits per heavy atom. The summed E-state index contributed by atoms with van der Waals surface area (Å²) in [6, 6.07) is 0. The average Bonchev–Trinajstić information content (AvgIpc) is 2.48. The fraction of sp³-hybridized carbons (Fsp3) is 1.00. The summed E-state index contributed by atoms with van der Waals surface area (Å²) in [5, 5.41) is 9.14. The van der Waals surface area contributed by atoms with Crippen molar-refractivity contribution in [2.24, 2.45) is 29.1 Å². The molecule has 15 heavy (non-hydrogen) atoms. The SMILES string of the molecule is CC1CCC(CCO)C1C(C)(C)C(C)C. The van der Waals surface area contributed by atoms with Gasteiger partial charge >= 0.3 is 0 Å². The summed E-state index contributed by atoms with van der Waals surface area (Å²) >= 11 is 0. The minimum absolute atomic E-state index is 0.363. The first kappa shape index (κ1) is 13.0. The third-order valence-electron chi connectivity index (χ3n) is 4.96. The fourth-order valence-electron chi connectivity index (χ4n) is 3.52. The van der Waals surface area contributed by atoms with E-state index in [9.17, 15) is 0 Å². The molecule has 0 aliphatic heterocycles. The van der Waals surface area contributed by atoms with Gasteiger partial charge in [0.1, 0.15) is 0 Å². The standard InChI is InChI=1S/C14H28O/c1-10(2)14(4,5)13-11(3)6-7-12(13)8-9-15/h10-13,15H,6-9H2,1-5H3. The second-order valence-corrected chi connectivity index (χ2v) is 6.33. The molecule has 0 aromatic carbocycles. The Morgan fingerprint density at radius 1 is 1.27 bits per heavy atom. The summed E-state index contributed by atoms with van der Waals surface area (Å²) in [6.45, 7) is 12.2. The number of aliphatic hydroxyl groups is 1. The predicted octanol–water partition coefficient (Wildman–Crippen LogP) is 3.71. The van der Waals surface area contributed by atoms with Crippen LogP contribution in [-0.4, -0.2) is 11.7 Å². The summed E-state index contributed by atoms with van der Waals surface area (Å²) in [4.78, 5) is 0. The molecule has 1 aliphatic carbocycles. The van der Waals surface area contributed by atoms with Crippen LogP contribution in [0.1, 0.15) is 53.9 Å². The Bertz CT molecular complexity index is 194. The van der Waals surface area contributed by atoms with Crippen LogP contribution in [0.15, 0.2) is 0 Å². The maximum Gasteiger partial charge on any atom is 0.0433 e. The van der Waals surface area contributed by atoms with E-state index in [-0.39, 0.29) is 0 Å². The quantitative estimate of drug-likeness (QED) is 0.753. The molecule has 1 aliphatic rings. The molecule has 3 unspecified atom stereocenters. The van der Waals surface area contributed by atoms with Crippen molar-refractivity contribution in [3.05, 3.63) is 0 Å². The van der Waals surface area contributed by atoms with Gasteiger partial charge in [0, 0.05) is 6.61 Å². The molecule has 1 fully saturated rings. The highest BCUT2D eigenvalue weighted by molar-refractivity contribution is 4.93. The second-order valence-electron chi connectivity index (χ2n) is 6.33. The van der Waals surface area contributed by atoms with Crippen molar-refractivity contribution >= 4 is 0 Å². The summed E-state index contributed by atoms with van der Waals surface area (Å²) in [5.41, 5.74) is 0.412. The molecule has 0 aromatic heterocycles. The molecule has 0 spiro atoms. The maximum atomic E-state index is 9.14. The summed E-state index contributed by atoms with van der Waals surface area (Å²) in [6.07, 6.45) is 3.68. The molecule has 1 saturated carbocycles. The van der Waals surface area contributed by atoms with Gasteiger partial charge in [-0.15, -0.1) is 0 Å². The van der Waals surface area contributed by atoms with E-state index in [1.165, 1.54) is 12.8 Å². The first-order valence-electron chi connectivity index (χ1n) is 6.52. The van der Waals surface area contributed by atoms with Crippen LogP contribution < -0.4 is 0 Å². The zero-order chi connectivity index (χ0) is 11.6. The second kappa shape index (κ2) is 4.86. The molecule has 0 amide bonds. The van der Waals surface area contributed by atoms with Crippen molar-refractivity contribution in [2.45, 2.75) is 53.9 Å². The molecule has 1 heteroatoms. The van der Waals surface area contributed by atoms with E-state index in [2.05, 4.69) is 34.6 Å². The Hall–Kier alpha value is -0.0400. The first-order chi connectivity index (χ1) is 6.91. The lowest BCUT2D eigenvalue weighted by Crippen LogP contribution is -2.35. The summed E-state index contributed by atoms with van der Waals surface area (Å²) in [5.74, 6) is 3.11. The first-order valence-corrected chi connectivity index (χ1v) is 6.52. The number of hydrogen-bond acceptors (Lipinski definition) is 1. The Morgan fingerprint density at radius 2 is 1.87 bits per heavy atom. The number of aliphatic hydroxyl groups excluding tert-OH is 1. The minimum atomic E-state index is 0.363. The van der Waals surface area contributed by atoms with E-state index in [1.54, 1.807) is 0 Å². The maximum absolute atomic E-state index is 9.14. The molecule has 0 radical (unpaired) electrons. The summed E-state index contributed by atoms with van der Waals surface area (Å²) in [7, 11) is 0. The van der Waals surface area contributed by atoms with Crippen LogP contribution in [0.2, 0.25) is 0 Å². The Labute approximate surface area is 95.3 Å². The van der Waals surface area contributed by atoms with E-state index in [0.29, 0.717) is 12.0 Å². The molecule has 0 aromatic rings. The topological polar surface area (TPSA) is 20.2 Å². The molecule has 0 heterocycles. The zero-order valence-corrected chi connectivity index (χ0v) is 11.1. The third-order valence-corrected chi connectivity index (χ3v) is 4.96. The predicted molar refractivity (Wildman–Crippen MR) is 65.7 cm³/mol. The van der Waals surface area contributed by atoms with E-state index >= 15 is 0 Å². The van der Waals surface area contributed by atoms with E-state index in [4.69, 9.17) is 5.11 Å². The van der Waals surface area contributed by atoms with Gasteiger partial charge in [0.05, 0.1) is 0 Å². The fourth-order valence-corrected chi connectivity index (χ4v) is 3.52. The molecular weight excluding hydrogens is 184 g/mol. The lowest BCUT2D eigenvalue weighted by atomic mass is 9.64. The van der Waals surface area contributed by atoms with Crippen LogP contribution in [-0.2, 0) is 0 Å². The van der Waals surface area contributed by atoms with Gasteiger partial charge < -0.3 is 5.11 Å². The molecule has 0 saturated heterocycles. The lowest BCUT2D eigenvalue weighted by Gasteiger charge is -2.41. The van der Waals surface area contributed by atoms with Crippen LogP contribution in [0.25, 0.3) is 0 Å². The van der Waals surface area contributed by atoms with Gasteiger partial charge in [0.15, 0.2) is 0 Å². The van der Waals surface area contributed by atoms with Gasteiger partial charge in [-0.1, -0.05) is 41.0 Å². The van der Waals surface area contributed by atoms with Crippen LogP contribution >= 0.6 is 0 Å². The number of rotatable bonds is 4. The smallest absolute Gasteiger partial charge is 0.0433 e. The van der Waals surface area contributed by atoms with Gasteiger partial charge in [0.2, 0.25) is 0 Å². The average molecular weight is 212 g/mol. The Kier molecular flexibility index (Phi) is 4.22. The van der Waals surface area contributed by atoms with E-state index in [0.717, 1.165) is 30.1 Å². The van der Waals surface area contributed by atoms with E-state index in [1.807, 2.05) is 0 Å². The summed E-state index contributed by atoms with van der Waals surface area (Å²) < 4.78 is 0. The molecule has 1 nitrogen and oxygen atoms in total. The minimum Gasteiger partial charge on any atom is -0.396 e. The monoisotopic (exact) mass is 212 g/mol. The molecule has 3 atom stereocenters. The van der Waals surface area contributed by atoms with Crippen molar-refractivity contribution in [1.29, 1.82) is 0 Å². The van der Waals surface area contributed by atoms with Gasteiger partial charge in [-0.05, 0) is 41.9 Å². The van der Waals surface area contributed by atoms with Crippen molar-refractivity contribution in [1.82, 2.24) is 0 Å². The highest BCUT2D eigenvalue weighted by Gasteiger charge is 2.43. The van der Waals surface area contributed by atoms with Gasteiger partial charge in [-0.25, -0.2) is 0 Å². The van der Waals surface area contributed by atoms with Crippen LogP contribution in [0.3, 0.4) is 0 Å².